The number of nitriles is 1. The Hall–Kier alpha value is -3.87. The van der Waals surface area contributed by atoms with Gasteiger partial charge in [0, 0.05) is 29.9 Å². The van der Waals surface area contributed by atoms with Crippen molar-refractivity contribution in [1.82, 2.24) is 20.5 Å². The molecule has 2 aliphatic rings. The summed E-state index contributed by atoms with van der Waals surface area (Å²) >= 11 is 0. The Morgan fingerprint density at radius 1 is 1.32 bits per heavy atom. The van der Waals surface area contributed by atoms with Crippen molar-refractivity contribution in [2.24, 2.45) is 5.92 Å². The van der Waals surface area contributed by atoms with Crippen LogP contribution < -0.4 is 15.4 Å². The lowest BCUT2D eigenvalue weighted by atomic mass is 9.89. The summed E-state index contributed by atoms with van der Waals surface area (Å²) in [6, 6.07) is 13.9. The summed E-state index contributed by atoms with van der Waals surface area (Å²) in [6.07, 6.45) is 0.480. The maximum atomic E-state index is 13.7. The lowest BCUT2D eigenvalue weighted by Crippen LogP contribution is -2.48. The number of nitrogens with one attached hydrogen (secondary N) is 3. The molecule has 1 saturated heterocycles. The molecule has 9 heteroatoms. The monoisotopic (exact) mass is 501 g/mol. The SMILES string of the molecule is COc1cccc2[nH]c(C(O)N3CCc4cc(C)ccc4C3C(=O)N[C@H](C#N)C[C@@H]3CCNC3=O)cc12. The van der Waals surface area contributed by atoms with E-state index < -0.39 is 18.3 Å². The number of amides is 2. The third-order valence-corrected chi connectivity index (χ3v) is 7.42. The quantitative estimate of drug-likeness (QED) is 0.394. The maximum Gasteiger partial charge on any atom is 0.243 e. The van der Waals surface area contributed by atoms with Crippen LogP contribution in [0.4, 0.5) is 0 Å². The van der Waals surface area contributed by atoms with Crippen LogP contribution in [0.25, 0.3) is 10.9 Å². The number of aromatic nitrogens is 1. The molecule has 5 rings (SSSR count). The van der Waals surface area contributed by atoms with Gasteiger partial charge in [-0.05, 0) is 55.5 Å². The summed E-state index contributed by atoms with van der Waals surface area (Å²) in [5.41, 5.74) is 4.31. The van der Waals surface area contributed by atoms with Gasteiger partial charge in [0.05, 0.1) is 18.9 Å². The zero-order valence-corrected chi connectivity index (χ0v) is 21.0. The Morgan fingerprint density at radius 2 is 2.16 bits per heavy atom. The fourth-order valence-corrected chi connectivity index (χ4v) is 5.52. The second-order valence-electron chi connectivity index (χ2n) is 9.82. The minimum absolute atomic E-state index is 0.0840. The van der Waals surface area contributed by atoms with Crippen LogP contribution in [0.2, 0.25) is 0 Å². The summed E-state index contributed by atoms with van der Waals surface area (Å²) in [4.78, 5) is 30.8. The van der Waals surface area contributed by atoms with E-state index in [4.69, 9.17) is 4.74 Å². The first-order valence-electron chi connectivity index (χ1n) is 12.6. The lowest BCUT2D eigenvalue weighted by Gasteiger charge is -2.39. The number of aliphatic hydroxyl groups excluding tert-OH is 1. The highest BCUT2D eigenvalue weighted by Crippen LogP contribution is 2.37. The standard InChI is InChI=1S/C28H31N5O4/c1-16-6-7-20-17(12-16)9-11-33(28(36)23-14-21-22(32-23)4-3-5-24(21)37-2)25(20)27(35)31-19(15-29)13-18-8-10-30-26(18)34/h3-7,12,14,18-19,25,28,32,36H,8-11,13H2,1-2H3,(H,30,34)(H,31,35)/t18-,19-,25?,28?/m0/s1. The van der Waals surface area contributed by atoms with Gasteiger partial charge in [-0.1, -0.05) is 29.8 Å². The number of carbonyl (C=O) groups is 2. The van der Waals surface area contributed by atoms with Crippen LogP contribution >= 0.6 is 0 Å². The van der Waals surface area contributed by atoms with Gasteiger partial charge < -0.3 is 25.5 Å². The predicted octanol–water partition coefficient (Wildman–Crippen LogP) is 2.61. The number of carbonyl (C=O) groups excluding carboxylic acids is 2. The molecule has 2 aliphatic heterocycles. The van der Waals surface area contributed by atoms with E-state index in [1.807, 2.05) is 43.3 Å². The van der Waals surface area contributed by atoms with Gasteiger partial charge >= 0.3 is 0 Å². The molecule has 0 spiro atoms. The number of ether oxygens (including phenoxy) is 1. The van der Waals surface area contributed by atoms with Gasteiger partial charge in [-0.25, -0.2) is 0 Å². The maximum absolute atomic E-state index is 13.7. The number of nitrogens with zero attached hydrogens (tertiary/aromatic N) is 2. The summed E-state index contributed by atoms with van der Waals surface area (Å²) in [5.74, 6) is -0.0650. The Kier molecular flexibility index (Phi) is 6.87. The highest BCUT2D eigenvalue weighted by Gasteiger charge is 2.39. The van der Waals surface area contributed by atoms with Crippen LogP contribution in [0.1, 0.15) is 47.5 Å². The smallest absolute Gasteiger partial charge is 0.243 e. The number of aromatic amines is 1. The molecule has 0 radical (unpaired) electrons. The summed E-state index contributed by atoms with van der Waals surface area (Å²) in [6.45, 7) is 3.04. The van der Waals surface area contributed by atoms with E-state index in [-0.39, 0.29) is 24.2 Å². The zero-order valence-electron chi connectivity index (χ0n) is 21.0. The number of aliphatic hydroxyl groups is 1. The largest absolute Gasteiger partial charge is 0.496 e. The normalized spacial score (nSPS) is 21.1. The molecule has 3 heterocycles. The van der Waals surface area contributed by atoms with E-state index in [2.05, 4.69) is 27.8 Å². The van der Waals surface area contributed by atoms with Gasteiger partial charge in [0.1, 0.15) is 24.1 Å². The first-order valence-corrected chi connectivity index (χ1v) is 12.6. The second-order valence-corrected chi connectivity index (χ2v) is 9.82. The number of benzene rings is 2. The molecule has 4 N–H and O–H groups in total. The van der Waals surface area contributed by atoms with Crippen LogP contribution in [-0.4, -0.2) is 53.0 Å². The van der Waals surface area contributed by atoms with E-state index in [0.717, 1.165) is 27.6 Å². The van der Waals surface area contributed by atoms with Crippen LogP contribution in [0.15, 0.2) is 42.5 Å². The predicted molar refractivity (Wildman–Crippen MR) is 137 cm³/mol. The molecule has 0 aliphatic carbocycles. The number of rotatable bonds is 7. The molecule has 0 saturated carbocycles. The van der Waals surface area contributed by atoms with Crippen molar-refractivity contribution in [2.45, 2.75) is 44.5 Å². The highest BCUT2D eigenvalue weighted by molar-refractivity contribution is 5.87. The minimum Gasteiger partial charge on any atom is -0.496 e. The van der Waals surface area contributed by atoms with Gasteiger partial charge in [-0.3, -0.25) is 14.5 Å². The van der Waals surface area contributed by atoms with Crippen molar-refractivity contribution < 1.29 is 19.4 Å². The third kappa shape index (κ3) is 4.78. The third-order valence-electron chi connectivity index (χ3n) is 7.42. The number of H-pyrrole nitrogens is 1. The van der Waals surface area contributed by atoms with Crippen molar-refractivity contribution in [2.75, 3.05) is 20.2 Å². The van der Waals surface area contributed by atoms with Crippen molar-refractivity contribution in [1.29, 1.82) is 5.26 Å². The van der Waals surface area contributed by atoms with Gasteiger partial charge in [-0.15, -0.1) is 0 Å². The molecule has 2 aromatic carbocycles. The lowest BCUT2D eigenvalue weighted by molar-refractivity contribution is -0.134. The summed E-state index contributed by atoms with van der Waals surface area (Å²) in [5, 5.41) is 27.8. The van der Waals surface area contributed by atoms with Gasteiger partial charge in [0.25, 0.3) is 0 Å². The van der Waals surface area contributed by atoms with E-state index in [1.165, 1.54) is 0 Å². The second kappa shape index (κ2) is 10.2. The molecular weight excluding hydrogens is 470 g/mol. The number of methoxy groups -OCH3 is 1. The Balaban J connectivity index is 1.46. The molecule has 192 valence electrons. The first-order chi connectivity index (χ1) is 17.9. The van der Waals surface area contributed by atoms with Crippen LogP contribution in [-0.2, 0) is 16.0 Å². The minimum atomic E-state index is -1.09. The van der Waals surface area contributed by atoms with Crippen molar-refractivity contribution >= 4 is 22.7 Å². The Morgan fingerprint density at radius 3 is 2.89 bits per heavy atom. The van der Waals surface area contributed by atoms with Crippen LogP contribution in [0, 0.1) is 24.2 Å². The molecule has 1 aromatic heterocycles. The topological polar surface area (TPSA) is 130 Å². The Labute approximate surface area is 215 Å². The molecule has 2 unspecified atom stereocenters. The van der Waals surface area contributed by atoms with E-state index in [0.29, 0.717) is 37.4 Å². The molecule has 37 heavy (non-hydrogen) atoms. The fraction of sp³-hybridized carbons (Fsp3) is 0.393. The van der Waals surface area contributed by atoms with Crippen LogP contribution in [0.5, 0.6) is 5.75 Å². The Bertz CT molecular complexity index is 1380. The van der Waals surface area contributed by atoms with Crippen molar-refractivity contribution in [3.05, 3.63) is 64.8 Å². The van der Waals surface area contributed by atoms with Crippen molar-refractivity contribution in [3.63, 3.8) is 0 Å². The molecular formula is C28H31N5O4. The van der Waals surface area contributed by atoms with E-state index >= 15 is 0 Å². The molecule has 0 bridgehead atoms. The van der Waals surface area contributed by atoms with Gasteiger partial charge in [-0.2, -0.15) is 5.26 Å². The summed E-state index contributed by atoms with van der Waals surface area (Å²) in [7, 11) is 1.60. The molecule has 9 nitrogen and oxygen atoms in total. The highest BCUT2D eigenvalue weighted by atomic mass is 16.5. The molecule has 4 atom stereocenters. The van der Waals surface area contributed by atoms with Crippen molar-refractivity contribution in [3.8, 4) is 11.8 Å². The number of aryl methyl sites for hydroxylation is 1. The molecule has 1 fully saturated rings. The average molecular weight is 502 g/mol. The number of fused-ring (bicyclic) bond motifs is 2. The number of hydrogen-bond donors (Lipinski definition) is 4. The fourth-order valence-electron chi connectivity index (χ4n) is 5.52. The summed E-state index contributed by atoms with van der Waals surface area (Å²) < 4.78 is 5.46. The van der Waals surface area contributed by atoms with Gasteiger partial charge in [0.15, 0.2) is 0 Å². The van der Waals surface area contributed by atoms with E-state index in [9.17, 15) is 20.0 Å². The number of hydrogen-bond acceptors (Lipinski definition) is 6. The van der Waals surface area contributed by atoms with Gasteiger partial charge in [0.2, 0.25) is 11.8 Å². The molecule has 2 amide bonds. The first kappa shape index (κ1) is 24.8. The van der Waals surface area contributed by atoms with E-state index in [1.54, 1.807) is 12.0 Å². The van der Waals surface area contributed by atoms with Crippen LogP contribution in [0.3, 0.4) is 0 Å². The zero-order chi connectivity index (χ0) is 26.1. The average Bonchev–Trinajstić information content (AvgIpc) is 3.52. The molecule has 3 aromatic rings.